The minimum atomic E-state index is -1.84. The molecule has 0 bridgehead atoms. The fourth-order valence-corrected chi connectivity index (χ4v) is 3.65. The number of nitrogens with zero attached hydrogens (tertiary/aromatic N) is 1. The predicted octanol–water partition coefficient (Wildman–Crippen LogP) is 4.63. The lowest BCUT2D eigenvalue weighted by Gasteiger charge is -2.42. The van der Waals surface area contributed by atoms with E-state index in [2.05, 4.69) is 68.5 Å². The van der Waals surface area contributed by atoms with Gasteiger partial charge >= 0.3 is 0 Å². The van der Waals surface area contributed by atoms with Crippen LogP contribution in [0.3, 0.4) is 0 Å². The molecule has 1 rings (SSSR count). The molecule has 0 fully saturated rings. The molecule has 20 heavy (non-hydrogen) atoms. The summed E-state index contributed by atoms with van der Waals surface area (Å²) >= 11 is 0. The fourth-order valence-electron chi connectivity index (χ4n) is 1.98. The van der Waals surface area contributed by atoms with E-state index in [4.69, 9.17) is 14.2 Å². The van der Waals surface area contributed by atoms with Crippen LogP contribution in [-0.2, 0) is 9.16 Å². The smallest absolute Gasteiger partial charge is 0.215 e. The SMILES string of the molecule is CC(C)(O[Si](C)(C)C(C)(C)C)C1=N[C@H](C(C)(C)C)CO1. The summed E-state index contributed by atoms with van der Waals surface area (Å²) in [7, 11) is -1.84. The molecule has 3 nitrogen and oxygen atoms in total. The Morgan fingerprint density at radius 1 is 1.05 bits per heavy atom. The Balaban J connectivity index is 2.91. The van der Waals surface area contributed by atoms with Crippen LogP contribution in [0.25, 0.3) is 0 Å². The van der Waals surface area contributed by atoms with Gasteiger partial charge in [0.25, 0.3) is 0 Å². The number of hydrogen-bond acceptors (Lipinski definition) is 3. The highest BCUT2D eigenvalue weighted by Crippen LogP contribution is 2.40. The fraction of sp³-hybridized carbons (Fsp3) is 0.938. The number of ether oxygens (including phenoxy) is 1. The molecule has 118 valence electrons. The summed E-state index contributed by atoms with van der Waals surface area (Å²) in [6.45, 7) is 22.7. The molecule has 1 heterocycles. The molecule has 0 saturated heterocycles. The lowest BCUT2D eigenvalue weighted by molar-refractivity contribution is 0.126. The minimum absolute atomic E-state index is 0.134. The minimum Gasteiger partial charge on any atom is -0.477 e. The van der Waals surface area contributed by atoms with Crippen molar-refractivity contribution in [3.63, 3.8) is 0 Å². The third-order valence-corrected chi connectivity index (χ3v) is 9.12. The van der Waals surface area contributed by atoms with Crippen LogP contribution in [0.15, 0.2) is 4.99 Å². The standard InChI is InChI=1S/C16H33NO2Si/c1-14(2,3)12-11-18-13(17-12)16(7,8)19-20(9,10)15(4,5)6/h12H,11H2,1-10H3/t12-/m0/s1. The van der Waals surface area contributed by atoms with Gasteiger partial charge in [-0.25, -0.2) is 4.99 Å². The Kier molecular flexibility index (Phi) is 4.54. The highest BCUT2D eigenvalue weighted by molar-refractivity contribution is 6.74. The van der Waals surface area contributed by atoms with Crippen LogP contribution >= 0.6 is 0 Å². The van der Waals surface area contributed by atoms with Gasteiger partial charge in [0.1, 0.15) is 12.2 Å². The van der Waals surface area contributed by atoms with Crippen molar-refractivity contribution in [2.75, 3.05) is 6.61 Å². The largest absolute Gasteiger partial charge is 0.477 e. The zero-order chi connectivity index (χ0) is 16.0. The van der Waals surface area contributed by atoms with Crippen molar-refractivity contribution >= 4 is 14.2 Å². The molecule has 0 saturated carbocycles. The lowest BCUT2D eigenvalue weighted by Crippen LogP contribution is -2.50. The van der Waals surface area contributed by atoms with Gasteiger partial charge in [0.05, 0.1) is 6.04 Å². The molecule has 1 aliphatic rings. The zero-order valence-corrected chi connectivity index (χ0v) is 16.0. The van der Waals surface area contributed by atoms with Crippen LogP contribution in [0.4, 0.5) is 0 Å². The molecule has 1 aliphatic heterocycles. The first-order chi connectivity index (χ1) is 8.67. The second kappa shape index (κ2) is 5.13. The van der Waals surface area contributed by atoms with Gasteiger partial charge in [-0.1, -0.05) is 41.5 Å². The van der Waals surface area contributed by atoms with Crippen LogP contribution in [0.2, 0.25) is 18.1 Å². The molecule has 0 N–H and O–H groups in total. The molecular weight excluding hydrogens is 266 g/mol. The Labute approximate surface area is 126 Å². The predicted molar refractivity (Wildman–Crippen MR) is 89.0 cm³/mol. The van der Waals surface area contributed by atoms with Crippen molar-refractivity contribution in [3.8, 4) is 0 Å². The quantitative estimate of drug-likeness (QED) is 0.711. The maximum absolute atomic E-state index is 6.52. The van der Waals surface area contributed by atoms with Crippen molar-refractivity contribution in [2.24, 2.45) is 10.4 Å². The Hall–Kier alpha value is -0.353. The average Bonchev–Trinajstić information content (AvgIpc) is 2.61. The second-order valence-corrected chi connectivity index (χ2v) is 13.7. The van der Waals surface area contributed by atoms with Gasteiger partial charge in [-0.15, -0.1) is 0 Å². The second-order valence-electron chi connectivity index (χ2n) is 9.00. The van der Waals surface area contributed by atoms with Crippen molar-refractivity contribution in [1.82, 2.24) is 0 Å². The molecule has 0 aromatic heterocycles. The molecule has 1 atom stereocenters. The first kappa shape index (κ1) is 17.7. The Bertz CT molecular complexity index is 386. The van der Waals surface area contributed by atoms with Gasteiger partial charge in [-0.2, -0.15) is 0 Å². The van der Waals surface area contributed by atoms with Crippen LogP contribution in [0.1, 0.15) is 55.4 Å². The van der Waals surface area contributed by atoms with Crippen molar-refractivity contribution in [2.45, 2.75) is 85.2 Å². The van der Waals surface area contributed by atoms with E-state index >= 15 is 0 Å². The van der Waals surface area contributed by atoms with Crippen LogP contribution < -0.4 is 0 Å². The van der Waals surface area contributed by atoms with E-state index in [9.17, 15) is 0 Å². The number of hydrogen-bond donors (Lipinski definition) is 0. The lowest BCUT2D eigenvalue weighted by atomic mass is 9.88. The molecule has 0 aliphatic carbocycles. The van der Waals surface area contributed by atoms with E-state index < -0.39 is 13.9 Å². The molecule has 4 heteroatoms. The van der Waals surface area contributed by atoms with Gasteiger partial charge in [-0.3, -0.25) is 0 Å². The topological polar surface area (TPSA) is 30.8 Å². The first-order valence-corrected chi connectivity index (χ1v) is 10.5. The zero-order valence-electron chi connectivity index (χ0n) is 15.0. The summed E-state index contributed by atoms with van der Waals surface area (Å²) in [6, 6.07) is 0.222. The summed E-state index contributed by atoms with van der Waals surface area (Å²) < 4.78 is 12.4. The summed E-state index contributed by atoms with van der Waals surface area (Å²) in [5.74, 6) is 0.766. The molecule has 0 aromatic carbocycles. The van der Waals surface area contributed by atoms with Crippen LogP contribution in [0, 0.1) is 5.41 Å². The van der Waals surface area contributed by atoms with E-state index in [1.165, 1.54) is 0 Å². The van der Waals surface area contributed by atoms with Crippen molar-refractivity contribution in [1.29, 1.82) is 0 Å². The van der Waals surface area contributed by atoms with Crippen molar-refractivity contribution in [3.05, 3.63) is 0 Å². The normalized spacial score (nSPS) is 21.7. The summed E-state index contributed by atoms with van der Waals surface area (Å²) in [4.78, 5) is 4.79. The monoisotopic (exact) mass is 299 g/mol. The highest BCUT2D eigenvalue weighted by Gasteiger charge is 2.45. The molecule has 0 amide bonds. The van der Waals surface area contributed by atoms with Gasteiger partial charge in [0.15, 0.2) is 8.32 Å². The summed E-state index contributed by atoms with van der Waals surface area (Å²) in [5.41, 5.74) is -0.308. The Morgan fingerprint density at radius 3 is 1.90 bits per heavy atom. The van der Waals surface area contributed by atoms with Gasteiger partial charge in [0.2, 0.25) is 5.90 Å². The summed E-state index contributed by atoms with van der Waals surface area (Å²) in [6.07, 6.45) is 0. The Morgan fingerprint density at radius 2 is 1.55 bits per heavy atom. The van der Waals surface area contributed by atoms with E-state index in [1.807, 2.05) is 0 Å². The first-order valence-electron chi connectivity index (χ1n) is 7.58. The van der Waals surface area contributed by atoms with E-state index in [-0.39, 0.29) is 16.5 Å². The molecule has 0 aromatic rings. The van der Waals surface area contributed by atoms with E-state index in [0.717, 1.165) is 5.90 Å². The van der Waals surface area contributed by atoms with E-state index in [0.29, 0.717) is 6.61 Å². The highest BCUT2D eigenvalue weighted by atomic mass is 28.4. The van der Waals surface area contributed by atoms with Crippen molar-refractivity contribution < 1.29 is 9.16 Å². The van der Waals surface area contributed by atoms with Gasteiger partial charge in [-0.05, 0) is 37.4 Å². The maximum Gasteiger partial charge on any atom is 0.215 e. The van der Waals surface area contributed by atoms with Gasteiger partial charge in [0, 0.05) is 0 Å². The third kappa shape index (κ3) is 3.85. The molecular formula is C16H33NO2Si. The van der Waals surface area contributed by atoms with Crippen LogP contribution in [0.5, 0.6) is 0 Å². The average molecular weight is 300 g/mol. The van der Waals surface area contributed by atoms with E-state index in [1.54, 1.807) is 0 Å². The molecule has 0 unspecified atom stereocenters. The maximum atomic E-state index is 6.52. The number of rotatable bonds is 3. The molecule has 0 spiro atoms. The van der Waals surface area contributed by atoms with Crippen LogP contribution in [-0.4, -0.2) is 32.5 Å². The third-order valence-electron chi connectivity index (χ3n) is 4.48. The number of aliphatic imine (C=N–C) groups is 1. The summed E-state index contributed by atoms with van der Waals surface area (Å²) in [5, 5.41) is 0.187. The molecule has 0 radical (unpaired) electrons. The van der Waals surface area contributed by atoms with Gasteiger partial charge < -0.3 is 9.16 Å².